The summed E-state index contributed by atoms with van der Waals surface area (Å²) in [5.41, 5.74) is 1.59. The number of carbonyl (C=O) groups is 1. The van der Waals surface area contributed by atoms with Gasteiger partial charge in [0, 0.05) is 17.5 Å². The predicted octanol–water partition coefficient (Wildman–Crippen LogP) is 3.25. The minimum Gasteiger partial charge on any atom is -0.463 e. The van der Waals surface area contributed by atoms with E-state index in [1.807, 2.05) is 44.2 Å². The Hall–Kier alpha value is -2.03. The SMILES string of the molecule is C=C\C=C/C(=C\C=C/C)N/C(C)=C/C(=O)OCC. The van der Waals surface area contributed by atoms with Crippen LogP contribution in [0, 0.1) is 0 Å². The molecular formula is C15H21NO2. The van der Waals surface area contributed by atoms with E-state index >= 15 is 0 Å². The Morgan fingerprint density at radius 2 is 2.11 bits per heavy atom. The average Bonchev–Trinajstić information content (AvgIpc) is 2.32. The molecule has 3 heteroatoms. The fraction of sp³-hybridized carbons (Fsp3) is 0.267. The molecule has 0 radical (unpaired) electrons. The highest BCUT2D eigenvalue weighted by atomic mass is 16.5. The Bertz CT molecular complexity index is 387. The highest BCUT2D eigenvalue weighted by molar-refractivity contribution is 5.82. The Kier molecular flexibility index (Phi) is 9.00. The first kappa shape index (κ1) is 16.0. The lowest BCUT2D eigenvalue weighted by molar-refractivity contribution is -0.137. The summed E-state index contributed by atoms with van der Waals surface area (Å²) < 4.78 is 4.83. The van der Waals surface area contributed by atoms with Crippen molar-refractivity contribution >= 4 is 5.97 Å². The van der Waals surface area contributed by atoms with E-state index in [4.69, 9.17) is 4.74 Å². The van der Waals surface area contributed by atoms with Crippen molar-refractivity contribution in [3.63, 3.8) is 0 Å². The molecule has 0 rings (SSSR count). The van der Waals surface area contributed by atoms with Gasteiger partial charge in [-0.3, -0.25) is 0 Å². The van der Waals surface area contributed by atoms with Crippen LogP contribution in [0.4, 0.5) is 0 Å². The predicted molar refractivity (Wildman–Crippen MR) is 75.8 cm³/mol. The molecule has 3 nitrogen and oxygen atoms in total. The van der Waals surface area contributed by atoms with Gasteiger partial charge in [0.1, 0.15) is 0 Å². The number of ether oxygens (including phenoxy) is 1. The van der Waals surface area contributed by atoms with E-state index in [-0.39, 0.29) is 5.97 Å². The van der Waals surface area contributed by atoms with Gasteiger partial charge in [0.2, 0.25) is 0 Å². The molecule has 0 aliphatic heterocycles. The van der Waals surface area contributed by atoms with Gasteiger partial charge in [-0.05, 0) is 32.9 Å². The van der Waals surface area contributed by atoms with Crippen molar-refractivity contribution < 1.29 is 9.53 Å². The summed E-state index contributed by atoms with van der Waals surface area (Å²) in [4.78, 5) is 11.3. The second kappa shape index (κ2) is 10.1. The fourth-order valence-electron chi connectivity index (χ4n) is 1.13. The largest absolute Gasteiger partial charge is 0.463 e. The van der Waals surface area contributed by atoms with E-state index in [1.54, 1.807) is 13.0 Å². The minimum absolute atomic E-state index is 0.347. The number of hydrogen-bond donors (Lipinski definition) is 1. The van der Waals surface area contributed by atoms with Crippen molar-refractivity contribution in [1.29, 1.82) is 0 Å². The Morgan fingerprint density at radius 3 is 2.67 bits per heavy atom. The topological polar surface area (TPSA) is 38.3 Å². The summed E-state index contributed by atoms with van der Waals surface area (Å²) in [6.07, 6.45) is 12.5. The monoisotopic (exact) mass is 247 g/mol. The van der Waals surface area contributed by atoms with E-state index in [0.29, 0.717) is 6.61 Å². The third-order valence-corrected chi connectivity index (χ3v) is 1.84. The van der Waals surface area contributed by atoms with E-state index in [9.17, 15) is 4.79 Å². The van der Waals surface area contributed by atoms with E-state index < -0.39 is 0 Å². The standard InChI is InChI=1S/C15H21NO2/c1-5-8-10-14(11-9-6-2)16-13(4)12-15(17)18-7-3/h5-6,8-12,16H,1,7H2,2-4H3/b9-6-,10-8-,13-12+,14-11+. The fourth-order valence-corrected chi connectivity index (χ4v) is 1.13. The summed E-state index contributed by atoms with van der Waals surface area (Å²) in [7, 11) is 0. The van der Waals surface area contributed by atoms with Gasteiger partial charge >= 0.3 is 5.97 Å². The first-order valence-electron chi connectivity index (χ1n) is 5.88. The molecule has 18 heavy (non-hydrogen) atoms. The van der Waals surface area contributed by atoms with Gasteiger partial charge in [-0.2, -0.15) is 0 Å². The summed E-state index contributed by atoms with van der Waals surface area (Å²) in [6.45, 7) is 9.51. The molecule has 0 heterocycles. The zero-order valence-electron chi connectivity index (χ0n) is 11.3. The van der Waals surface area contributed by atoms with Crippen LogP contribution in [0.5, 0.6) is 0 Å². The van der Waals surface area contributed by atoms with Crippen LogP contribution in [-0.2, 0) is 9.53 Å². The summed E-state index contributed by atoms with van der Waals surface area (Å²) >= 11 is 0. The molecule has 0 saturated heterocycles. The van der Waals surface area contributed by atoms with Gasteiger partial charge in [0.25, 0.3) is 0 Å². The molecule has 0 bridgehead atoms. The smallest absolute Gasteiger partial charge is 0.332 e. The third kappa shape index (κ3) is 8.16. The lowest BCUT2D eigenvalue weighted by Gasteiger charge is -2.06. The van der Waals surface area contributed by atoms with Gasteiger partial charge < -0.3 is 10.1 Å². The molecule has 0 atom stereocenters. The third-order valence-electron chi connectivity index (χ3n) is 1.84. The molecule has 0 spiro atoms. The Morgan fingerprint density at radius 1 is 1.39 bits per heavy atom. The van der Waals surface area contributed by atoms with Crippen molar-refractivity contribution in [2.24, 2.45) is 0 Å². The summed E-state index contributed by atoms with van der Waals surface area (Å²) in [5.74, 6) is -0.347. The van der Waals surface area contributed by atoms with Gasteiger partial charge in [-0.25, -0.2) is 4.79 Å². The van der Waals surface area contributed by atoms with Crippen molar-refractivity contribution in [2.45, 2.75) is 20.8 Å². The van der Waals surface area contributed by atoms with Crippen LogP contribution in [-0.4, -0.2) is 12.6 Å². The maximum Gasteiger partial charge on any atom is 0.332 e. The molecule has 0 aromatic carbocycles. The Labute approximate surface area is 109 Å². The molecule has 1 N–H and O–H groups in total. The Balaban J connectivity index is 4.71. The van der Waals surface area contributed by atoms with Gasteiger partial charge in [0.05, 0.1) is 6.61 Å². The van der Waals surface area contributed by atoms with Gasteiger partial charge in [-0.15, -0.1) is 0 Å². The van der Waals surface area contributed by atoms with Crippen LogP contribution < -0.4 is 5.32 Å². The first-order chi connectivity index (χ1) is 8.63. The number of hydrogen-bond acceptors (Lipinski definition) is 3. The number of rotatable bonds is 7. The van der Waals surface area contributed by atoms with Crippen LogP contribution in [0.1, 0.15) is 20.8 Å². The van der Waals surface area contributed by atoms with E-state index in [0.717, 1.165) is 11.4 Å². The normalized spacial score (nSPS) is 13.1. The van der Waals surface area contributed by atoms with E-state index in [1.165, 1.54) is 6.08 Å². The molecule has 0 aromatic rings. The number of allylic oxidation sites excluding steroid dienone is 7. The summed E-state index contributed by atoms with van der Waals surface area (Å²) in [5, 5.41) is 3.11. The lowest BCUT2D eigenvalue weighted by atomic mass is 10.3. The molecule has 98 valence electrons. The lowest BCUT2D eigenvalue weighted by Crippen LogP contribution is -2.11. The number of nitrogens with one attached hydrogen (secondary N) is 1. The number of carbonyl (C=O) groups excluding carboxylic acids is 1. The molecule has 0 aliphatic rings. The molecule has 0 aliphatic carbocycles. The molecule has 0 unspecified atom stereocenters. The van der Waals surface area contributed by atoms with Crippen LogP contribution in [0.25, 0.3) is 0 Å². The maximum atomic E-state index is 11.3. The molecule has 0 amide bonds. The van der Waals surface area contributed by atoms with Crippen molar-refractivity contribution in [1.82, 2.24) is 5.32 Å². The van der Waals surface area contributed by atoms with Crippen LogP contribution in [0.15, 0.2) is 60.5 Å². The molecule has 0 saturated carbocycles. The minimum atomic E-state index is -0.347. The maximum absolute atomic E-state index is 11.3. The number of esters is 1. The first-order valence-corrected chi connectivity index (χ1v) is 5.88. The second-order valence-electron chi connectivity index (χ2n) is 3.45. The van der Waals surface area contributed by atoms with Crippen LogP contribution in [0.2, 0.25) is 0 Å². The van der Waals surface area contributed by atoms with Gasteiger partial charge in [0.15, 0.2) is 0 Å². The second-order valence-corrected chi connectivity index (χ2v) is 3.45. The highest BCUT2D eigenvalue weighted by Gasteiger charge is 1.98. The molecule has 0 fully saturated rings. The van der Waals surface area contributed by atoms with Crippen molar-refractivity contribution in [2.75, 3.05) is 6.61 Å². The summed E-state index contributed by atoms with van der Waals surface area (Å²) in [6, 6.07) is 0. The van der Waals surface area contributed by atoms with Crippen LogP contribution >= 0.6 is 0 Å². The van der Waals surface area contributed by atoms with Gasteiger partial charge in [-0.1, -0.05) is 30.9 Å². The molecular weight excluding hydrogens is 226 g/mol. The molecule has 0 aromatic heterocycles. The average molecular weight is 247 g/mol. The van der Waals surface area contributed by atoms with Crippen LogP contribution in [0.3, 0.4) is 0 Å². The zero-order chi connectivity index (χ0) is 13.8. The highest BCUT2D eigenvalue weighted by Crippen LogP contribution is 1.99. The quantitative estimate of drug-likeness (QED) is 0.426. The van der Waals surface area contributed by atoms with E-state index in [2.05, 4.69) is 11.9 Å². The zero-order valence-corrected chi connectivity index (χ0v) is 11.3. The van der Waals surface area contributed by atoms with Crippen molar-refractivity contribution in [3.8, 4) is 0 Å². The van der Waals surface area contributed by atoms with Crippen molar-refractivity contribution in [3.05, 3.63) is 60.5 Å².